The van der Waals surface area contributed by atoms with Gasteiger partial charge in [0.2, 0.25) is 5.91 Å². The van der Waals surface area contributed by atoms with Gasteiger partial charge in [0.05, 0.1) is 5.01 Å². The Labute approximate surface area is 175 Å². The van der Waals surface area contributed by atoms with Crippen LogP contribution in [0.5, 0.6) is 0 Å². The molecule has 1 heterocycles. The molecule has 0 fully saturated rings. The fraction of sp³-hybridized carbons (Fsp3) is 0.208. The Morgan fingerprint density at radius 1 is 1.07 bits per heavy atom. The highest BCUT2D eigenvalue weighted by Crippen LogP contribution is 2.34. The van der Waals surface area contributed by atoms with Crippen molar-refractivity contribution < 1.29 is 9.59 Å². The Balaban J connectivity index is 1.90. The first-order chi connectivity index (χ1) is 14.0. The summed E-state index contributed by atoms with van der Waals surface area (Å²) in [6.45, 7) is 4.27. The topological polar surface area (TPSA) is 73.1 Å². The summed E-state index contributed by atoms with van der Waals surface area (Å²) in [5, 5.41) is 2.78. The van der Waals surface area contributed by atoms with Crippen molar-refractivity contribution in [1.29, 1.82) is 0 Å². The number of hydrogen-bond donors (Lipinski definition) is 1. The number of amides is 1. The minimum Gasteiger partial charge on any atom is -0.366 e. The fourth-order valence-electron chi connectivity index (χ4n) is 3.45. The summed E-state index contributed by atoms with van der Waals surface area (Å²) in [4.78, 5) is 26.6. The van der Waals surface area contributed by atoms with E-state index in [1.165, 1.54) is 28.0 Å². The second kappa shape index (κ2) is 9.43. The zero-order chi connectivity index (χ0) is 20.8. The van der Waals surface area contributed by atoms with E-state index in [0.717, 1.165) is 29.7 Å². The lowest BCUT2D eigenvalue weighted by molar-refractivity contribution is 0.1000. The molecular weight excluding hydrogens is 380 g/mol. The molecule has 0 spiro atoms. The Bertz CT molecular complexity index is 1020. The molecule has 0 aliphatic rings. The lowest BCUT2D eigenvalue weighted by Crippen LogP contribution is -2.10. The van der Waals surface area contributed by atoms with Crippen molar-refractivity contribution in [2.75, 3.05) is 0 Å². The lowest BCUT2D eigenvalue weighted by atomic mass is 9.84. The highest BCUT2D eigenvalue weighted by molar-refractivity contribution is 7.09. The molecule has 4 nitrogen and oxygen atoms in total. The van der Waals surface area contributed by atoms with Crippen molar-refractivity contribution in [3.63, 3.8) is 0 Å². The van der Waals surface area contributed by atoms with Gasteiger partial charge in [-0.2, -0.15) is 0 Å². The van der Waals surface area contributed by atoms with E-state index < -0.39 is 5.91 Å². The highest BCUT2D eigenvalue weighted by Gasteiger charge is 2.17. The molecule has 29 heavy (non-hydrogen) atoms. The Morgan fingerprint density at radius 3 is 2.31 bits per heavy atom. The largest absolute Gasteiger partial charge is 0.366 e. The number of benzene rings is 2. The molecule has 5 heteroatoms. The van der Waals surface area contributed by atoms with Gasteiger partial charge in [-0.15, -0.1) is 11.3 Å². The van der Waals surface area contributed by atoms with E-state index in [1.54, 1.807) is 17.5 Å². The number of aromatic nitrogens is 1. The summed E-state index contributed by atoms with van der Waals surface area (Å²) < 4.78 is 0. The highest BCUT2D eigenvalue weighted by atomic mass is 32.1. The van der Waals surface area contributed by atoms with Crippen molar-refractivity contribution in [1.82, 2.24) is 4.98 Å². The van der Waals surface area contributed by atoms with Gasteiger partial charge >= 0.3 is 0 Å². The second-order valence-electron chi connectivity index (χ2n) is 7.04. The van der Waals surface area contributed by atoms with Crippen LogP contribution in [0, 0.1) is 0 Å². The van der Waals surface area contributed by atoms with E-state index in [9.17, 15) is 9.59 Å². The minimum atomic E-state index is -0.421. The molecule has 148 valence electrons. The Morgan fingerprint density at radius 2 is 1.72 bits per heavy atom. The standard InChI is InChI=1S/C24H24N2O2S/c1-16(18-8-10-20(11-9-18)24(25)28)17(2)22(19-6-4-3-5-7-19)12-13-23-26-21(14-27)15-29-23/h3-11,14-15,22H,12-13H2,1-2H3,(H2,25,28)/b17-16+. The van der Waals surface area contributed by atoms with E-state index in [2.05, 4.69) is 43.1 Å². The first kappa shape index (κ1) is 20.7. The molecule has 0 aliphatic carbocycles. The van der Waals surface area contributed by atoms with Gasteiger partial charge in [0.1, 0.15) is 5.69 Å². The van der Waals surface area contributed by atoms with Crippen molar-refractivity contribution in [2.24, 2.45) is 5.73 Å². The van der Waals surface area contributed by atoms with E-state index >= 15 is 0 Å². The van der Waals surface area contributed by atoms with Gasteiger partial charge in [-0.3, -0.25) is 9.59 Å². The molecule has 1 atom stereocenters. The van der Waals surface area contributed by atoms with Gasteiger partial charge in [0.25, 0.3) is 0 Å². The minimum absolute atomic E-state index is 0.232. The van der Waals surface area contributed by atoms with E-state index in [1.807, 2.05) is 18.2 Å². The quantitative estimate of drug-likeness (QED) is 0.520. The van der Waals surface area contributed by atoms with E-state index in [-0.39, 0.29) is 5.92 Å². The molecule has 0 saturated carbocycles. The zero-order valence-corrected chi connectivity index (χ0v) is 17.4. The molecule has 1 unspecified atom stereocenters. The Hall–Kier alpha value is -3.05. The average molecular weight is 405 g/mol. The first-order valence-electron chi connectivity index (χ1n) is 9.51. The van der Waals surface area contributed by atoms with Crippen LogP contribution in [0.25, 0.3) is 5.57 Å². The van der Waals surface area contributed by atoms with Crippen molar-refractivity contribution in [3.8, 4) is 0 Å². The van der Waals surface area contributed by atoms with E-state index in [4.69, 9.17) is 5.73 Å². The van der Waals surface area contributed by atoms with Gasteiger partial charge in [-0.05, 0) is 49.1 Å². The number of nitrogens with two attached hydrogens (primary N) is 1. The molecule has 0 bridgehead atoms. The normalized spacial score (nSPS) is 12.9. The van der Waals surface area contributed by atoms with E-state index in [0.29, 0.717) is 11.3 Å². The Kier molecular flexibility index (Phi) is 6.73. The molecule has 0 saturated heterocycles. The monoisotopic (exact) mass is 404 g/mol. The number of aldehydes is 1. The maximum atomic E-state index is 11.3. The fourth-order valence-corrected chi connectivity index (χ4v) is 4.21. The number of allylic oxidation sites excluding steroid dienone is 2. The number of nitrogens with zero attached hydrogens (tertiary/aromatic N) is 1. The number of thiazole rings is 1. The maximum Gasteiger partial charge on any atom is 0.248 e. The third-order valence-electron chi connectivity index (χ3n) is 5.26. The van der Waals surface area contributed by atoms with Gasteiger partial charge < -0.3 is 5.73 Å². The molecule has 0 aliphatic heterocycles. The van der Waals surface area contributed by atoms with Crippen LogP contribution in [0.3, 0.4) is 0 Å². The van der Waals surface area contributed by atoms with Crippen molar-refractivity contribution in [2.45, 2.75) is 32.6 Å². The zero-order valence-electron chi connectivity index (χ0n) is 16.6. The predicted molar refractivity (Wildman–Crippen MR) is 118 cm³/mol. The van der Waals surface area contributed by atoms with Gasteiger partial charge in [0, 0.05) is 23.3 Å². The lowest BCUT2D eigenvalue weighted by Gasteiger charge is -2.21. The molecule has 0 radical (unpaired) electrons. The van der Waals surface area contributed by atoms with Crippen molar-refractivity contribution >= 4 is 29.1 Å². The molecule has 1 amide bonds. The number of carbonyl (C=O) groups is 2. The third-order valence-corrected chi connectivity index (χ3v) is 6.18. The van der Waals surface area contributed by atoms with Crippen LogP contribution >= 0.6 is 11.3 Å². The summed E-state index contributed by atoms with van der Waals surface area (Å²) in [5.41, 5.74) is 11.1. The number of hydrogen-bond acceptors (Lipinski definition) is 4. The summed E-state index contributed by atoms with van der Waals surface area (Å²) >= 11 is 1.53. The number of aryl methyl sites for hydroxylation is 1. The molecule has 3 rings (SSSR count). The van der Waals surface area contributed by atoms with Crippen LogP contribution in [0.15, 0.2) is 65.6 Å². The summed E-state index contributed by atoms with van der Waals surface area (Å²) in [6.07, 6.45) is 2.50. The van der Waals surface area contributed by atoms with Crippen LogP contribution in [0.4, 0.5) is 0 Å². The number of primary amides is 1. The number of carbonyl (C=O) groups excluding carboxylic acids is 2. The van der Waals surface area contributed by atoms with Crippen LogP contribution < -0.4 is 5.73 Å². The third kappa shape index (κ3) is 5.06. The van der Waals surface area contributed by atoms with Crippen LogP contribution in [0.2, 0.25) is 0 Å². The van der Waals surface area contributed by atoms with Crippen LogP contribution in [-0.2, 0) is 6.42 Å². The van der Waals surface area contributed by atoms with Crippen LogP contribution in [-0.4, -0.2) is 17.2 Å². The smallest absolute Gasteiger partial charge is 0.248 e. The maximum absolute atomic E-state index is 11.3. The molecular formula is C24H24N2O2S. The second-order valence-corrected chi connectivity index (χ2v) is 7.98. The summed E-state index contributed by atoms with van der Waals surface area (Å²) in [7, 11) is 0. The summed E-state index contributed by atoms with van der Waals surface area (Å²) in [6, 6.07) is 17.8. The first-order valence-corrected chi connectivity index (χ1v) is 10.4. The van der Waals surface area contributed by atoms with Gasteiger partial charge in [0.15, 0.2) is 6.29 Å². The molecule has 2 N–H and O–H groups in total. The van der Waals surface area contributed by atoms with Gasteiger partial charge in [-0.25, -0.2) is 4.98 Å². The SMILES string of the molecule is C/C(=C(/C)C(CCc1nc(C=O)cs1)c1ccccc1)c1ccc(C(N)=O)cc1. The van der Waals surface area contributed by atoms with Crippen LogP contribution in [0.1, 0.15) is 63.2 Å². The van der Waals surface area contributed by atoms with Crippen molar-refractivity contribution in [3.05, 3.63) is 92.9 Å². The number of rotatable bonds is 8. The molecule has 3 aromatic rings. The van der Waals surface area contributed by atoms with Gasteiger partial charge in [-0.1, -0.05) is 48.0 Å². The molecule has 1 aromatic heterocycles. The average Bonchev–Trinajstić information content (AvgIpc) is 3.22. The predicted octanol–water partition coefficient (Wildman–Crippen LogP) is 5.26. The molecule has 2 aromatic carbocycles. The summed E-state index contributed by atoms with van der Waals surface area (Å²) in [5.74, 6) is -0.189.